The fraction of sp³-hybridized carbons (Fsp3) is 0.545. The van der Waals surface area contributed by atoms with E-state index in [0.29, 0.717) is 11.5 Å². The Morgan fingerprint density at radius 1 is 1.59 bits per heavy atom. The van der Waals surface area contributed by atoms with Gasteiger partial charge >= 0.3 is 0 Å². The van der Waals surface area contributed by atoms with E-state index in [9.17, 15) is 0 Å². The predicted molar refractivity (Wildman–Crippen MR) is 70.0 cm³/mol. The number of hydrogen-bond donors (Lipinski definition) is 2. The summed E-state index contributed by atoms with van der Waals surface area (Å²) in [4.78, 5) is 8.57. The van der Waals surface area contributed by atoms with E-state index < -0.39 is 0 Å². The molecular formula is C11H16N4OS. The van der Waals surface area contributed by atoms with Crippen LogP contribution in [-0.4, -0.2) is 33.7 Å². The second-order valence-electron chi connectivity index (χ2n) is 4.41. The van der Waals surface area contributed by atoms with Crippen molar-refractivity contribution in [2.75, 3.05) is 18.5 Å². The van der Waals surface area contributed by atoms with Crippen molar-refractivity contribution in [1.82, 2.24) is 9.97 Å². The molecule has 17 heavy (non-hydrogen) atoms. The van der Waals surface area contributed by atoms with Crippen molar-refractivity contribution in [2.45, 2.75) is 25.4 Å². The Hall–Kier alpha value is -1.27. The topological polar surface area (TPSA) is 73.1 Å². The van der Waals surface area contributed by atoms with Crippen molar-refractivity contribution >= 4 is 23.0 Å². The number of nitrogens with two attached hydrogens (primary N) is 1. The normalized spacial score (nSPS) is 23.6. The number of ether oxygens (including phenoxy) is 1. The first-order chi connectivity index (χ1) is 8.09. The van der Waals surface area contributed by atoms with Crippen LogP contribution in [0.2, 0.25) is 0 Å². The van der Waals surface area contributed by atoms with Gasteiger partial charge in [0.15, 0.2) is 0 Å². The van der Waals surface area contributed by atoms with Gasteiger partial charge in [-0.1, -0.05) is 12.2 Å². The Morgan fingerprint density at radius 3 is 2.94 bits per heavy atom. The molecule has 0 aromatic carbocycles. The first kappa shape index (κ1) is 12.2. The molecule has 2 heterocycles. The van der Waals surface area contributed by atoms with Gasteiger partial charge in [-0.05, 0) is 19.8 Å². The highest BCUT2D eigenvalue weighted by atomic mass is 32.1. The van der Waals surface area contributed by atoms with Crippen molar-refractivity contribution in [2.24, 2.45) is 5.73 Å². The molecule has 0 spiro atoms. The van der Waals surface area contributed by atoms with Crippen LogP contribution in [0.25, 0.3) is 0 Å². The molecule has 1 aromatic rings. The maximum atomic E-state index is 5.67. The molecule has 1 unspecified atom stereocenters. The number of aromatic nitrogens is 2. The van der Waals surface area contributed by atoms with Gasteiger partial charge in [-0.25, -0.2) is 9.97 Å². The summed E-state index contributed by atoms with van der Waals surface area (Å²) >= 11 is 4.81. The van der Waals surface area contributed by atoms with Crippen LogP contribution >= 0.6 is 12.2 Å². The maximum absolute atomic E-state index is 5.67. The lowest BCUT2D eigenvalue weighted by molar-refractivity contribution is 0.0314. The molecule has 0 amide bonds. The molecule has 1 saturated heterocycles. The minimum absolute atomic E-state index is 0.0937. The van der Waals surface area contributed by atoms with Crippen molar-refractivity contribution in [3.63, 3.8) is 0 Å². The smallest absolute Gasteiger partial charge is 0.144 e. The quantitative estimate of drug-likeness (QED) is 0.782. The number of nitrogens with zero attached hydrogens (tertiary/aromatic N) is 2. The number of nitrogens with one attached hydrogen (secondary N) is 1. The summed E-state index contributed by atoms with van der Waals surface area (Å²) in [5, 5.41) is 3.21. The van der Waals surface area contributed by atoms with Crippen LogP contribution in [0.4, 0.5) is 5.82 Å². The molecule has 1 aliphatic rings. The highest BCUT2D eigenvalue weighted by Crippen LogP contribution is 2.24. The highest BCUT2D eigenvalue weighted by Gasteiger charge is 2.29. The van der Waals surface area contributed by atoms with Gasteiger partial charge < -0.3 is 15.8 Å². The Bertz CT molecular complexity index is 400. The zero-order chi connectivity index (χ0) is 12.3. The molecule has 3 N–H and O–H groups in total. The molecule has 1 atom stereocenters. The van der Waals surface area contributed by atoms with Gasteiger partial charge in [-0.2, -0.15) is 0 Å². The van der Waals surface area contributed by atoms with Crippen LogP contribution in [0.1, 0.15) is 25.5 Å². The summed E-state index contributed by atoms with van der Waals surface area (Å²) < 4.78 is 5.67. The standard InChI is InChI=1S/C11H16N4OS/c1-11(3-2-4-16-11)7-15-9-6-13-8(5-14-9)10(12)17/h5-6H,2-4,7H2,1H3,(H2,12,17)(H,14,15). The summed E-state index contributed by atoms with van der Waals surface area (Å²) in [6.07, 6.45) is 5.39. The second kappa shape index (κ2) is 4.93. The highest BCUT2D eigenvalue weighted by molar-refractivity contribution is 7.80. The van der Waals surface area contributed by atoms with Crippen LogP contribution < -0.4 is 11.1 Å². The Labute approximate surface area is 106 Å². The summed E-state index contributed by atoms with van der Waals surface area (Å²) in [6.45, 7) is 3.67. The third-order valence-electron chi connectivity index (χ3n) is 2.85. The lowest BCUT2D eigenvalue weighted by Gasteiger charge is -2.23. The molecule has 1 fully saturated rings. The van der Waals surface area contributed by atoms with Crippen molar-refractivity contribution in [1.29, 1.82) is 0 Å². The zero-order valence-electron chi connectivity index (χ0n) is 9.77. The van der Waals surface area contributed by atoms with Crippen LogP contribution in [-0.2, 0) is 4.74 Å². The SMILES string of the molecule is CC1(CNc2cnc(C(N)=S)cn2)CCCO1. The zero-order valence-corrected chi connectivity index (χ0v) is 10.6. The molecule has 6 heteroatoms. The third-order valence-corrected chi connectivity index (χ3v) is 3.06. The summed E-state index contributed by atoms with van der Waals surface area (Å²) in [6, 6.07) is 0. The largest absolute Gasteiger partial charge is 0.388 e. The molecule has 92 valence electrons. The van der Waals surface area contributed by atoms with Gasteiger partial charge in [0.05, 0.1) is 18.0 Å². The van der Waals surface area contributed by atoms with E-state index in [2.05, 4.69) is 22.2 Å². The average molecular weight is 252 g/mol. The van der Waals surface area contributed by atoms with Crippen LogP contribution in [0.15, 0.2) is 12.4 Å². The van der Waals surface area contributed by atoms with Crippen molar-refractivity contribution in [3.05, 3.63) is 18.1 Å². The fourth-order valence-electron chi connectivity index (χ4n) is 1.80. The molecule has 0 aliphatic carbocycles. The molecule has 1 aromatic heterocycles. The number of anilines is 1. The van der Waals surface area contributed by atoms with Gasteiger partial charge in [0.2, 0.25) is 0 Å². The van der Waals surface area contributed by atoms with Gasteiger partial charge in [0.1, 0.15) is 16.5 Å². The maximum Gasteiger partial charge on any atom is 0.144 e. The first-order valence-electron chi connectivity index (χ1n) is 5.59. The summed E-state index contributed by atoms with van der Waals surface area (Å²) in [5.41, 5.74) is 5.89. The lowest BCUT2D eigenvalue weighted by Crippen LogP contribution is -2.32. The molecule has 0 radical (unpaired) electrons. The monoisotopic (exact) mass is 252 g/mol. The molecule has 5 nitrogen and oxygen atoms in total. The van der Waals surface area contributed by atoms with Crippen LogP contribution in [0, 0.1) is 0 Å². The molecule has 0 saturated carbocycles. The third kappa shape index (κ3) is 3.10. The lowest BCUT2D eigenvalue weighted by atomic mass is 10.0. The van der Waals surface area contributed by atoms with Gasteiger partial charge in [0, 0.05) is 13.2 Å². The Morgan fingerprint density at radius 2 is 2.41 bits per heavy atom. The second-order valence-corrected chi connectivity index (χ2v) is 4.85. The summed E-state index contributed by atoms with van der Waals surface area (Å²) in [5.74, 6) is 0.710. The van der Waals surface area contributed by atoms with Crippen molar-refractivity contribution in [3.8, 4) is 0 Å². The number of rotatable bonds is 4. The van der Waals surface area contributed by atoms with E-state index in [4.69, 9.17) is 22.7 Å². The van der Waals surface area contributed by atoms with Gasteiger partial charge in [0.25, 0.3) is 0 Å². The average Bonchev–Trinajstić information content (AvgIpc) is 2.75. The molecule has 0 bridgehead atoms. The minimum Gasteiger partial charge on any atom is -0.388 e. The van der Waals surface area contributed by atoms with E-state index in [1.54, 1.807) is 12.4 Å². The van der Waals surface area contributed by atoms with E-state index in [1.807, 2.05) is 0 Å². The van der Waals surface area contributed by atoms with Gasteiger partial charge in [-0.15, -0.1) is 0 Å². The molecule has 1 aliphatic heterocycles. The summed E-state index contributed by atoms with van der Waals surface area (Å²) in [7, 11) is 0. The number of hydrogen-bond acceptors (Lipinski definition) is 5. The van der Waals surface area contributed by atoms with E-state index in [1.165, 1.54) is 0 Å². The van der Waals surface area contributed by atoms with Crippen LogP contribution in [0.3, 0.4) is 0 Å². The van der Waals surface area contributed by atoms with Gasteiger partial charge in [-0.3, -0.25) is 0 Å². The molecule has 2 rings (SSSR count). The van der Waals surface area contributed by atoms with E-state index in [-0.39, 0.29) is 10.6 Å². The Balaban J connectivity index is 1.93. The van der Waals surface area contributed by atoms with E-state index >= 15 is 0 Å². The fourth-order valence-corrected chi connectivity index (χ4v) is 1.91. The minimum atomic E-state index is -0.0937. The first-order valence-corrected chi connectivity index (χ1v) is 6.00. The Kier molecular flexibility index (Phi) is 3.54. The van der Waals surface area contributed by atoms with Crippen LogP contribution in [0.5, 0.6) is 0 Å². The predicted octanol–water partition coefficient (Wildman–Crippen LogP) is 1.09. The molecular weight excluding hydrogens is 236 g/mol. The number of thiocarbonyl (C=S) groups is 1. The van der Waals surface area contributed by atoms with E-state index in [0.717, 1.165) is 26.0 Å². The van der Waals surface area contributed by atoms with Crippen molar-refractivity contribution < 1.29 is 4.74 Å².